The Bertz CT molecular complexity index is 383. The maximum Gasteiger partial charge on any atom is 0.116 e. The molecule has 0 spiro atoms. The molecular weight excluding hydrogens is 198 g/mol. The second-order valence-corrected chi connectivity index (χ2v) is 2.83. The first kappa shape index (κ1) is 14.4. The van der Waals surface area contributed by atoms with Gasteiger partial charge in [0.1, 0.15) is 5.75 Å². The molecule has 0 atom stereocenters. The van der Waals surface area contributed by atoms with Gasteiger partial charge in [-0.15, -0.1) is 0 Å². The van der Waals surface area contributed by atoms with Crippen LogP contribution in [0.1, 0.15) is 33.4 Å². The third-order valence-electron chi connectivity index (χ3n) is 1.81. The van der Waals surface area contributed by atoms with E-state index in [4.69, 9.17) is 0 Å². The van der Waals surface area contributed by atoms with Crippen LogP contribution in [0.4, 0.5) is 0 Å². The van der Waals surface area contributed by atoms with Gasteiger partial charge in [0, 0.05) is 11.1 Å². The summed E-state index contributed by atoms with van der Waals surface area (Å²) < 4.78 is 0. The summed E-state index contributed by atoms with van der Waals surface area (Å²) in [5.74, 6) is 0.285. The predicted octanol–water partition coefficient (Wildman–Crippen LogP) is 4.30. The Kier molecular flexibility index (Phi) is 6.93. The zero-order chi connectivity index (χ0) is 12.6. The summed E-state index contributed by atoms with van der Waals surface area (Å²) in [6, 6.07) is 9.06. The highest BCUT2D eigenvalue weighted by Crippen LogP contribution is 2.17. The molecule has 88 valence electrons. The van der Waals surface area contributed by atoms with E-state index in [1.54, 1.807) is 12.1 Å². The molecule has 0 aliphatic heterocycles. The van der Waals surface area contributed by atoms with Gasteiger partial charge < -0.3 is 5.11 Å². The van der Waals surface area contributed by atoms with E-state index in [2.05, 4.69) is 4.98 Å². The minimum Gasteiger partial charge on any atom is -0.508 e. The Hall–Kier alpha value is -1.57. The van der Waals surface area contributed by atoms with Crippen molar-refractivity contribution in [3.05, 3.63) is 36.0 Å². The van der Waals surface area contributed by atoms with Gasteiger partial charge in [0.15, 0.2) is 0 Å². The molecule has 2 rings (SSSR count). The maximum absolute atomic E-state index is 9.17. The Morgan fingerprint density at radius 2 is 1.56 bits per heavy atom. The van der Waals surface area contributed by atoms with Crippen molar-refractivity contribution < 1.29 is 5.11 Å². The minimum atomic E-state index is 0.285. The highest BCUT2D eigenvalue weighted by atomic mass is 16.3. The molecule has 1 aromatic carbocycles. The van der Waals surface area contributed by atoms with Crippen molar-refractivity contribution in [2.75, 3.05) is 0 Å². The van der Waals surface area contributed by atoms with E-state index in [0.717, 1.165) is 16.6 Å². The van der Waals surface area contributed by atoms with Crippen LogP contribution in [-0.4, -0.2) is 10.1 Å². The van der Waals surface area contributed by atoms with Crippen molar-refractivity contribution in [1.29, 1.82) is 0 Å². The van der Waals surface area contributed by atoms with Gasteiger partial charge in [0.25, 0.3) is 0 Å². The van der Waals surface area contributed by atoms with Gasteiger partial charge in [-0.3, -0.25) is 4.98 Å². The SMILES string of the molecule is CC.CC.Cc1ccc2cc(O)ccc2n1. The van der Waals surface area contributed by atoms with Crippen LogP contribution in [0.25, 0.3) is 10.9 Å². The molecule has 1 heterocycles. The van der Waals surface area contributed by atoms with E-state index in [1.165, 1.54) is 0 Å². The highest BCUT2D eigenvalue weighted by Gasteiger charge is 1.95. The first-order valence-corrected chi connectivity index (χ1v) is 5.82. The molecule has 0 unspecified atom stereocenters. The topological polar surface area (TPSA) is 33.1 Å². The molecule has 16 heavy (non-hydrogen) atoms. The van der Waals surface area contributed by atoms with Crippen LogP contribution in [0, 0.1) is 6.92 Å². The summed E-state index contributed by atoms with van der Waals surface area (Å²) in [4.78, 5) is 4.31. The lowest BCUT2D eigenvalue weighted by molar-refractivity contribution is 0.476. The maximum atomic E-state index is 9.17. The zero-order valence-electron chi connectivity index (χ0n) is 10.8. The summed E-state index contributed by atoms with van der Waals surface area (Å²) >= 11 is 0. The Morgan fingerprint density at radius 3 is 2.19 bits per heavy atom. The van der Waals surface area contributed by atoms with Crippen LogP contribution in [0.3, 0.4) is 0 Å². The van der Waals surface area contributed by atoms with E-state index < -0.39 is 0 Å². The van der Waals surface area contributed by atoms with Crippen LogP contribution in [0.2, 0.25) is 0 Å². The fourth-order valence-electron chi connectivity index (χ4n) is 1.21. The molecule has 0 fully saturated rings. The molecule has 0 saturated heterocycles. The molecule has 0 aliphatic rings. The number of phenolic OH excluding ortho intramolecular Hbond substituents is 1. The first-order chi connectivity index (χ1) is 7.75. The number of benzene rings is 1. The number of nitrogens with zero attached hydrogens (tertiary/aromatic N) is 1. The molecule has 2 aromatic rings. The summed E-state index contributed by atoms with van der Waals surface area (Å²) in [6.45, 7) is 9.95. The van der Waals surface area contributed by atoms with Crippen molar-refractivity contribution in [2.24, 2.45) is 0 Å². The third-order valence-corrected chi connectivity index (χ3v) is 1.81. The zero-order valence-corrected chi connectivity index (χ0v) is 10.8. The van der Waals surface area contributed by atoms with Crippen molar-refractivity contribution in [3.8, 4) is 5.75 Å². The fraction of sp³-hybridized carbons (Fsp3) is 0.357. The molecular formula is C14H21NO. The number of hydrogen-bond acceptors (Lipinski definition) is 2. The van der Waals surface area contributed by atoms with E-state index in [9.17, 15) is 5.11 Å². The molecule has 2 nitrogen and oxygen atoms in total. The molecule has 0 radical (unpaired) electrons. The average molecular weight is 219 g/mol. The van der Waals surface area contributed by atoms with Gasteiger partial charge in [-0.2, -0.15) is 0 Å². The second kappa shape index (κ2) is 7.69. The fourth-order valence-corrected chi connectivity index (χ4v) is 1.21. The second-order valence-electron chi connectivity index (χ2n) is 2.83. The number of aryl methyl sites for hydroxylation is 1. The van der Waals surface area contributed by atoms with Crippen LogP contribution < -0.4 is 0 Å². The van der Waals surface area contributed by atoms with E-state index in [-0.39, 0.29) is 5.75 Å². The van der Waals surface area contributed by atoms with Crippen molar-refractivity contribution >= 4 is 10.9 Å². The van der Waals surface area contributed by atoms with Crippen molar-refractivity contribution in [3.63, 3.8) is 0 Å². The van der Waals surface area contributed by atoms with Crippen LogP contribution in [0.5, 0.6) is 5.75 Å². The summed E-state index contributed by atoms with van der Waals surface area (Å²) in [7, 11) is 0. The van der Waals surface area contributed by atoms with Gasteiger partial charge >= 0.3 is 0 Å². The van der Waals surface area contributed by atoms with Crippen molar-refractivity contribution in [1.82, 2.24) is 4.98 Å². The predicted molar refractivity (Wildman–Crippen MR) is 70.8 cm³/mol. The minimum absolute atomic E-state index is 0.285. The lowest BCUT2D eigenvalue weighted by atomic mass is 10.2. The number of hydrogen-bond donors (Lipinski definition) is 1. The molecule has 0 bridgehead atoms. The normalized spacial score (nSPS) is 8.56. The molecule has 0 aliphatic carbocycles. The summed E-state index contributed by atoms with van der Waals surface area (Å²) in [5.41, 5.74) is 1.92. The van der Waals surface area contributed by atoms with E-state index >= 15 is 0 Å². The third kappa shape index (κ3) is 3.89. The van der Waals surface area contributed by atoms with Gasteiger partial charge in [-0.05, 0) is 31.2 Å². The van der Waals surface area contributed by atoms with Crippen LogP contribution in [0.15, 0.2) is 30.3 Å². The molecule has 1 aromatic heterocycles. The number of rotatable bonds is 0. The van der Waals surface area contributed by atoms with E-state index in [0.29, 0.717) is 0 Å². The van der Waals surface area contributed by atoms with Gasteiger partial charge in [-0.25, -0.2) is 0 Å². The van der Waals surface area contributed by atoms with Crippen molar-refractivity contribution in [2.45, 2.75) is 34.6 Å². The quantitative estimate of drug-likeness (QED) is 0.716. The van der Waals surface area contributed by atoms with E-state index in [1.807, 2.05) is 52.8 Å². The number of aromatic nitrogens is 1. The Labute approximate surface area is 98.0 Å². The monoisotopic (exact) mass is 219 g/mol. The molecule has 1 N–H and O–H groups in total. The number of aromatic hydroxyl groups is 1. The molecule has 0 saturated carbocycles. The number of fused-ring (bicyclic) bond motifs is 1. The number of pyridine rings is 1. The highest BCUT2D eigenvalue weighted by molar-refractivity contribution is 5.80. The van der Waals surface area contributed by atoms with Gasteiger partial charge in [-0.1, -0.05) is 33.8 Å². The van der Waals surface area contributed by atoms with Gasteiger partial charge in [0.05, 0.1) is 5.52 Å². The first-order valence-electron chi connectivity index (χ1n) is 5.82. The Morgan fingerprint density at radius 1 is 0.938 bits per heavy atom. The molecule has 0 amide bonds. The standard InChI is InChI=1S/C10H9NO.2C2H6/c1-7-2-3-8-6-9(12)4-5-10(8)11-7;2*1-2/h2-6,12H,1H3;2*1-2H3. The molecule has 2 heteroatoms. The van der Waals surface area contributed by atoms with Crippen LogP contribution in [-0.2, 0) is 0 Å². The Balaban J connectivity index is 0.000000509. The lowest BCUT2D eigenvalue weighted by Gasteiger charge is -1.98. The van der Waals surface area contributed by atoms with Crippen LogP contribution >= 0.6 is 0 Å². The number of phenols is 1. The largest absolute Gasteiger partial charge is 0.508 e. The van der Waals surface area contributed by atoms with Gasteiger partial charge in [0.2, 0.25) is 0 Å². The summed E-state index contributed by atoms with van der Waals surface area (Å²) in [6.07, 6.45) is 0. The lowest BCUT2D eigenvalue weighted by Crippen LogP contribution is -1.81. The summed E-state index contributed by atoms with van der Waals surface area (Å²) in [5, 5.41) is 10.1. The average Bonchev–Trinajstić information content (AvgIpc) is 2.35. The smallest absolute Gasteiger partial charge is 0.116 e.